The van der Waals surface area contributed by atoms with E-state index < -0.39 is 0 Å². The molecule has 4 heteroatoms. The van der Waals surface area contributed by atoms with E-state index in [4.69, 9.17) is 26.8 Å². The molecule has 0 aliphatic carbocycles. The van der Waals surface area contributed by atoms with Crippen LogP contribution in [0.1, 0.15) is 12.5 Å². The van der Waals surface area contributed by atoms with Gasteiger partial charge in [-0.1, -0.05) is 23.8 Å². The lowest BCUT2D eigenvalue weighted by Crippen LogP contribution is -1.97. The third-order valence-corrected chi connectivity index (χ3v) is 2.31. The average molecular weight is 242 g/mol. The fourth-order valence-electron chi connectivity index (χ4n) is 1.31. The molecule has 16 heavy (non-hydrogen) atoms. The molecule has 3 nitrogen and oxygen atoms in total. The Morgan fingerprint density at radius 2 is 2.12 bits per heavy atom. The summed E-state index contributed by atoms with van der Waals surface area (Å²) >= 11 is 6.03. The van der Waals surface area contributed by atoms with E-state index in [-0.39, 0.29) is 0 Å². The van der Waals surface area contributed by atoms with Gasteiger partial charge in [-0.2, -0.15) is 0 Å². The number of hydrogen-bond acceptors (Lipinski definition) is 3. The van der Waals surface area contributed by atoms with Crippen molar-refractivity contribution >= 4 is 17.7 Å². The normalized spacial score (nSPS) is 10.8. The number of benzene rings is 1. The molecule has 0 heterocycles. The Morgan fingerprint density at radius 3 is 2.69 bits per heavy atom. The van der Waals surface area contributed by atoms with Crippen LogP contribution < -0.4 is 15.2 Å². The van der Waals surface area contributed by atoms with Crippen LogP contribution in [0.3, 0.4) is 0 Å². The van der Waals surface area contributed by atoms with Crippen molar-refractivity contribution in [2.75, 3.05) is 20.3 Å². The topological polar surface area (TPSA) is 44.5 Å². The zero-order valence-corrected chi connectivity index (χ0v) is 10.3. The van der Waals surface area contributed by atoms with Crippen molar-refractivity contribution in [1.29, 1.82) is 0 Å². The lowest BCUT2D eigenvalue weighted by atomic mass is 10.1. The quantitative estimate of drug-likeness (QED) is 0.862. The molecule has 0 bridgehead atoms. The summed E-state index contributed by atoms with van der Waals surface area (Å²) in [5, 5.41) is 0.558. The molecule has 2 N–H and O–H groups in total. The predicted octanol–water partition coefficient (Wildman–Crippen LogP) is 2.72. The molecule has 0 saturated heterocycles. The van der Waals surface area contributed by atoms with Crippen LogP contribution >= 0.6 is 11.6 Å². The van der Waals surface area contributed by atoms with Gasteiger partial charge in [-0.05, 0) is 13.0 Å². The maximum atomic E-state index is 6.03. The highest BCUT2D eigenvalue weighted by molar-refractivity contribution is 6.32. The Balaban J connectivity index is 3.13. The highest BCUT2D eigenvalue weighted by atomic mass is 35.5. The number of nitrogens with two attached hydrogens (primary N) is 1. The van der Waals surface area contributed by atoms with E-state index in [1.807, 2.05) is 19.1 Å². The summed E-state index contributed by atoms with van der Waals surface area (Å²) in [6, 6.07) is 3.58. The summed E-state index contributed by atoms with van der Waals surface area (Å²) in [6.07, 6.45) is 3.73. The third kappa shape index (κ3) is 3.15. The number of methoxy groups -OCH3 is 1. The highest BCUT2D eigenvalue weighted by Crippen LogP contribution is 2.33. The highest BCUT2D eigenvalue weighted by Gasteiger charge is 2.07. The molecule has 1 aromatic rings. The summed E-state index contributed by atoms with van der Waals surface area (Å²) in [5.41, 5.74) is 6.31. The Bertz CT molecular complexity index is 378. The fraction of sp³-hybridized carbons (Fsp3) is 0.333. The van der Waals surface area contributed by atoms with Gasteiger partial charge in [-0.3, -0.25) is 0 Å². The minimum absolute atomic E-state index is 0.481. The van der Waals surface area contributed by atoms with Gasteiger partial charge in [0.05, 0.1) is 18.7 Å². The molecule has 0 atom stereocenters. The molecule has 0 amide bonds. The third-order valence-electron chi connectivity index (χ3n) is 2.02. The fourth-order valence-corrected chi connectivity index (χ4v) is 1.56. The molecule has 0 saturated carbocycles. The zero-order chi connectivity index (χ0) is 12.0. The van der Waals surface area contributed by atoms with Gasteiger partial charge >= 0.3 is 0 Å². The molecule has 0 aliphatic heterocycles. The second-order valence-electron chi connectivity index (χ2n) is 3.10. The maximum Gasteiger partial charge on any atom is 0.141 e. The Kier molecular flexibility index (Phi) is 5.15. The van der Waals surface area contributed by atoms with E-state index >= 15 is 0 Å². The van der Waals surface area contributed by atoms with Gasteiger partial charge in [-0.25, -0.2) is 0 Å². The van der Waals surface area contributed by atoms with Gasteiger partial charge in [-0.15, -0.1) is 0 Å². The Hall–Kier alpha value is -1.19. The lowest BCUT2D eigenvalue weighted by Gasteiger charge is -2.11. The number of hydrogen-bond donors (Lipinski definition) is 1. The van der Waals surface area contributed by atoms with Gasteiger partial charge < -0.3 is 15.2 Å². The van der Waals surface area contributed by atoms with Crippen molar-refractivity contribution in [2.45, 2.75) is 6.92 Å². The van der Waals surface area contributed by atoms with Crippen LogP contribution in [0.4, 0.5) is 0 Å². The first-order valence-corrected chi connectivity index (χ1v) is 5.47. The summed E-state index contributed by atoms with van der Waals surface area (Å²) in [5.74, 6) is 1.35. The van der Waals surface area contributed by atoms with Crippen molar-refractivity contribution in [3.63, 3.8) is 0 Å². The van der Waals surface area contributed by atoms with Gasteiger partial charge in [0.1, 0.15) is 11.5 Å². The van der Waals surface area contributed by atoms with Gasteiger partial charge in [0.15, 0.2) is 0 Å². The van der Waals surface area contributed by atoms with Crippen molar-refractivity contribution in [3.05, 3.63) is 28.8 Å². The van der Waals surface area contributed by atoms with Crippen molar-refractivity contribution < 1.29 is 9.47 Å². The van der Waals surface area contributed by atoms with E-state index in [9.17, 15) is 0 Å². The molecule has 0 aromatic heterocycles. The first kappa shape index (κ1) is 12.9. The van der Waals surface area contributed by atoms with Crippen LogP contribution in [0.5, 0.6) is 11.5 Å². The first-order chi connectivity index (χ1) is 7.72. The van der Waals surface area contributed by atoms with E-state index in [2.05, 4.69) is 0 Å². The van der Waals surface area contributed by atoms with Gasteiger partial charge in [0.2, 0.25) is 0 Å². The maximum absolute atomic E-state index is 6.03. The summed E-state index contributed by atoms with van der Waals surface area (Å²) in [6.45, 7) is 3.00. The molecule has 0 unspecified atom stereocenters. The SMILES string of the molecule is CCOc1cc(OC)c(Cl)cc1/C=C/CN. The smallest absolute Gasteiger partial charge is 0.141 e. The lowest BCUT2D eigenvalue weighted by molar-refractivity contribution is 0.335. The van der Waals surface area contributed by atoms with Crippen LogP contribution in [0.25, 0.3) is 6.08 Å². The van der Waals surface area contributed by atoms with E-state index in [1.165, 1.54) is 0 Å². The first-order valence-electron chi connectivity index (χ1n) is 5.09. The van der Waals surface area contributed by atoms with Gasteiger partial charge in [0.25, 0.3) is 0 Å². The van der Waals surface area contributed by atoms with Crippen LogP contribution in [0.2, 0.25) is 5.02 Å². The molecule has 0 aliphatic rings. The molecule has 88 valence electrons. The molecule has 0 fully saturated rings. The van der Waals surface area contributed by atoms with E-state index in [0.717, 1.165) is 11.3 Å². The summed E-state index contributed by atoms with van der Waals surface area (Å²) in [7, 11) is 1.58. The van der Waals surface area contributed by atoms with Crippen molar-refractivity contribution in [3.8, 4) is 11.5 Å². The predicted molar refractivity (Wildman–Crippen MR) is 67.3 cm³/mol. The van der Waals surface area contributed by atoms with E-state index in [1.54, 1.807) is 19.2 Å². The van der Waals surface area contributed by atoms with Crippen LogP contribution in [0, 0.1) is 0 Å². The number of halogens is 1. The monoisotopic (exact) mass is 241 g/mol. The summed E-state index contributed by atoms with van der Waals surface area (Å²) < 4.78 is 10.6. The molecule has 0 spiro atoms. The molecular weight excluding hydrogens is 226 g/mol. The van der Waals surface area contributed by atoms with Crippen LogP contribution in [0.15, 0.2) is 18.2 Å². The minimum Gasteiger partial charge on any atom is -0.495 e. The molecule has 1 aromatic carbocycles. The van der Waals surface area contributed by atoms with Crippen molar-refractivity contribution in [2.24, 2.45) is 5.73 Å². The molecule has 1 rings (SSSR count). The molecular formula is C12H16ClNO2. The van der Waals surface area contributed by atoms with Crippen LogP contribution in [-0.2, 0) is 0 Å². The number of ether oxygens (including phenoxy) is 2. The van der Waals surface area contributed by atoms with Crippen LogP contribution in [-0.4, -0.2) is 20.3 Å². The Labute approximate surface area is 101 Å². The zero-order valence-electron chi connectivity index (χ0n) is 9.50. The second kappa shape index (κ2) is 6.40. The average Bonchev–Trinajstić information content (AvgIpc) is 2.29. The standard InChI is InChI=1S/C12H16ClNO2/c1-3-16-11-8-12(15-2)10(13)7-9(11)5-4-6-14/h4-5,7-8H,3,6,14H2,1-2H3/b5-4+. The summed E-state index contributed by atoms with van der Waals surface area (Å²) in [4.78, 5) is 0. The number of rotatable bonds is 5. The molecule has 0 radical (unpaired) electrons. The Morgan fingerprint density at radius 1 is 1.38 bits per heavy atom. The van der Waals surface area contributed by atoms with Gasteiger partial charge in [0, 0.05) is 18.2 Å². The minimum atomic E-state index is 0.481. The van der Waals surface area contributed by atoms with Crippen molar-refractivity contribution in [1.82, 2.24) is 0 Å². The largest absolute Gasteiger partial charge is 0.495 e. The van der Waals surface area contributed by atoms with E-state index in [0.29, 0.717) is 23.9 Å². The second-order valence-corrected chi connectivity index (χ2v) is 3.50.